The van der Waals surface area contributed by atoms with E-state index in [0.717, 1.165) is 0 Å². The van der Waals surface area contributed by atoms with Crippen molar-refractivity contribution in [2.24, 2.45) is 0 Å². The Bertz CT molecular complexity index is 770. The van der Waals surface area contributed by atoms with Crippen LogP contribution in [-0.4, -0.2) is 6.15 Å². The number of hydrogen-bond donors (Lipinski definition) is 0. The zero-order valence-corrected chi connectivity index (χ0v) is 23.5. The predicted octanol–water partition coefficient (Wildman–Crippen LogP) is -5.92. The molecule has 0 unspecified atom stereocenters. The molecule has 0 saturated heterocycles. The normalized spacial score (nSPS) is 10.0. The molecule has 0 heterocycles. The quantitative estimate of drug-likeness (QED) is 0.282. The Morgan fingerprint density at radius 2 is 0.500 bits per heavy atom. The molecule has 0 aromatic heterocycles. The van der Waals surface area contributed by atoms with Gasteiger partial charge in [-0.05, 0) is 0 Å². The largest absolute Gasteiger partial charge is 1.00 e. The van der Waals surface area contributed by atoms with Gasteiger partial charge in [-0.15, -0.1) is 0 Å². The molecule has 4 rings (SSSR count). The Balaban J connectivity index is 0.00000131. The third-order valence-electron chi connectivity index (χ3n) is 5.20. The fourth-order valence-corrected chi connectivity index (χ4v) is 4.12. The van der Waals surface area contributed by atoms with Crippen molar-refractivity contribution in [1.82, 2.24) is 0 Å². The standard InChI is InChI=1S/C24H20B.ClH.2K/c1-5-13-21(14-6-1)25(22-15-7-2-8-16-22,23-17-9-3-10-18-23)24-19-11-4-12-20-24;;;/h1-20H;1H;;/q-1;;2*+1/p-1. The fourth-order valence-electron chi connectivity index (χ4n) is 4.12. The molecule has 0 N–H and O–H groups in total. The molecular weight excluding hydrogens is 413 g/mol. The van der Waals surface area contributed by atoms with Crippen molar-refractivity contribution in [1.29, 1.82) is 0 Å². The maximum atomic E-state index is 2.26. The van der Waals surface area contributed by atoms with Crippen LogP contribution in [0, 0.1) is 0 Å². The van der Waals surface area contributed by atoms with E-state index in [1.54, 1.807) is 0 Å². The van der Waals surface area contributed by atoms with Crippen LogP contribution >= 0.6 is 0 Å². The third-order valence-corrected chi connectivity index (χ3v) is 5.20. The molecule has 0 fully saturated rings. The van der Waals surface area contributed by atoms with Crippen LogP contribution in [-0.2, 0) is 0 Å². The minimum Gasteiger partial charge on any atom is -1.00 e. The number of rotatable bonds is 4. The summed E-state index contributed by atoms with van der Waals surface area (Å²) in [5.74, 6) is 0. The van der Waals surface area contributed by atoms with Gasteiger partial charge < -0.3 is 12.4 Å². The number of hydrogen-bond acceptors (Lipinski definition) is 0. The van der Waals surface area contributed by atoms with E-state index >= 15 is 0 Å². The van der Waals surface area contributed by atoms with E-state index in [4.69, 9.17) is 0 Å². The van der Waals surface area contributed by atoms with Crippen molar-refractivity contribution in [3.8, 4) is 0 Å². The molecule has 0 aliphatic rings. The van der Waals surface area contributed by atoms with Crippen molar-refractivity contribution in [2.45, 2.75) is 0 Å². The Kier molecular flexibility index (Phi) is 12.4. The van der Waals surface area contributed by atoms with Crippen LogP contribution in [0.3, 0.4) is 0 Å². The maximum Gasteiger partial charge on any atom is 1.00 e. The molecule has 128 valence electrons. The van der Waals surface area contributed by atoms with Gasteiger partial charge in [-0.3, -0.25) is 0 Å². The van der Waals surface area contributed by atoms with Gasteiger partial charge in [-0.2, -0.15) is 21.9 Å². The zero-order chi connectivity index (χ0) is 17.0. The first-order chi connectivity index (χ1) is 12.4. The molecule has 4 aromatic rings. The molecule has 0 radical (unpaired) electrons. The molecule has 0 saturated carbocycles. The molecule has 0 amide bonds. The van der Waals surface area contributed by atoms with E-state index in [9.17, 15) is 0 Å². The average Bonchev–Trinajstić information content (AvgIpc) is 2.72. The van der Waals surface area contributed by atoms with Gasteiger partial charge in [0.15, 0.2) is 0 Å². The van der Waals surface area contributed by atoms with Crippen LogP contribution in [0.5, 0.6) is 0 Å². The van der Waals surface area contributed by atoms with E-state index in [0.29, 0.717) is 0 Å². The fraction of sp³-hybridized carbons (Fsp3) is 0. The smallest absolute Gasteiger partial charge is 1.00 e. The summed E-state index contributed by atoms with van der Waals surface area (Å²) in [5, 5.41) is 0. The molecule has 0 atom stereocenters. The van der Waals surface area contributed by atoms with Crippen molar-refractivity contribution in [2.75, 3.05) is 0 Å². The molecule has 28 heavy (non-hydrogen) atoms. The van der Waals surface area contributed by atoms with E-state index in [1.165, 1.54) is 21.9 Å². The van der Waals surface area contributed by atoms with Crippen LogP contribution in [0.15, 0.2) is 121 Å². The van der Waals surface area contributed by atoms with Gasteiger partial charge in [0.05, 0.1) is 0 Å². The Hall–Kier alpha value is 0.508. The van der Waals surface area contributed by atoms with E-state index < -0.39 is 6.15 Å². The number of benzene rings is 4. The minimum absolute atomic E-state index is 0. The SMILES string of the molecule is [Cl-].[K+].[K+].c1ccc([B-](c2ccccc2)(c2ccccc2)c2ccccc2)cc1. The van der Waals surface area contributed by atoms with Gasteiger partial charge >= 0.3 is 103 Å². The van der Waals surface area contributed by atoms with E-state index in [2.05, 4.69) is 121 Å². The van der Waals surface area contributed by atoms with E-state index in [-0.39, 0.29) is 115 Å². The summed E-state index contributed by atoms with van der Waals surface area (Å²) in [6.45, 7) is 0. The first-order valence-corrected chi connectivity index (χ1v) is 8.80. The van der Waals surface area contributed by atoms with Crippen LogP contribution in [0.4, 0.5) is 0 Å². The predicted molar refractivity (Wildman–Crippen MR) is 110 cm³/mol. The average molecular weight is 433 g/mol. The molecule has 0 aliphatic carbocycles. The zero-order valence-electron chi connectivity index (χ0n) is 16.5. The summed E-state index contributed by atoms with van der Waals surface area (Å²) in [6.07, 6.45) is -1.22. The van der Waals surface area contributed by atoms with Gasteiger partial charge in [-0.1, -0.05) is 121 Å². The van der Waals surface area contributed by atoms with E-state index in [1.807, 2.05) is 0 Å². The maximum absolute atomic E-state index is 2.26. The second kappa shape index (κ2) is 13.0. The second-order valence-corrected chi connectivity index (χ2v) is 6.51. The molecule has 0 spiro atoms. The van der Waals surface area contributed by atoms with Crippen molar-refractivity contribution < 1.29 is 115 Å². The van der Waals surface area contributed by atoms with Crippen LogP contribution in [0.2, 0.25) is 0 Å². The molecule has 4 aromatic carbocycles. The molecule has 0 bridgehead atoms. The summed E-state index contributed by atoms with van der Waals surface area (Å²) in [4.78, 5) is 0. The first-order valence-electron chi connectivity index (χ1n) is 8.80. The van der Waals surface area contributed by atoms with Gasteiger partial charge in [0, 0.05) is 0 Å². The third kappa shape index (κ3) is 5.40. The summed E-state index contributed by atoms with van der Waals surface area (Å²) in [6, 6.07) is 43.5. The van der Waals surface area contributed by atoms with Gasteiger partial charge in [-0.25, -0.2) is 0 Å². The molecule has 0 nitrogen and oxygen atoms in total. The monoisotopic (exact) mass is 432 g/mol. The summed E-state index contributed by atoms with van der Waals surface area (Å²) in [7, 11) is 0. The van der Waals surface area contributed by atoms with Gasteiger partial charge in [0.2, 0.25) is 0 Å². The summed E-state index contributed by atoms with van der Waals surface area (Å²) >= 11 is 0. The van der Waals surface area contributed by atoms with Crippen LogP contribution < -0.4 is 137 Å². The summed E-state index contributed by atoms with van der Waals surface area (Å²) < 4.78 is 0. The van der Waals surface area contributed by atoms with Crippen molar-refractivity contribution >= 4 is 28.0 Å². The molecule has 4 heteroatoms. The Morgan fingerprint density at radius 3 is 0.679 bits per heavy atom. The topological polar surface area (TPSA) is 0 Å². The van der Waals surface area contributed by atoms with Crippen LogP contribution in [0.1, 0.15) is 0 Å². The number of halogens is 1. The van der Waals surface area contributed by atoms with Crippen LogP contribution in [0.25, 0.3) is 0 Å². The first kappa shape index (κ1) is 26.5. The molecule has 0 aliphatic heterocycles. The van der Waals surface area contributed by atoms with Gasteiger partial charge in [0.25, 0.3) is 0 Å². The van der Waals surface area contributed by atoms with Crippen molar-refractivity contribution in [3.63, 3.8) is 0 Å². The minimum atomic E-state index is -1.22. The Labute approximate surface area is 259 Å². The Morgan fingerprint density at radius 1 is 0.321 bits per heavy atom. The second-order valence-electron chi connectivity index (χ2n) is 6.51. The van der Waals surface area contributed by atoms with Gasteiger partial charge in [0.1, 0.15) is 6.15 Å². The van der Waals surface area contributed by atoms with Crippen molar-refractivity contribution in [3.05, 3.63) is 121 Å². The summed E-state index contributed by atoms with van der Waals surface area (Å²) in [5.41, 5.74) is 5.36. The molecular formula is C24H20BClK2.